The molecule has 5 nitrogen and oxygen atoms in total. The topological polar surface area (TPSA) is 73.4 Å². The SMILES string of the molecule is O=C(O)C1CN(C(=O)c2c[nH]c3ccccc23)C1. The second-order valence-electron chi connectivity index (χ2n) is 4.49. The van der Waals surface area contributed by atoms with Gasteiger partial charge >= 0.3 is 5.97 Å². The molecule has 5 heteroatoms. The van der Waals surface area contributed by atoms with Gasteiger partial charge in [-0.3, -0.25) is 9.59 Å². The summed E-state index contributed by atoms with van der Waals surface area (Å²) < 4.78 is 0. The Morgan fingerprint density at radius 1 is 1.28 bits per heavy atom. The van der Waals surface area contributed by atoms with Crippen molar-refractivity contribution in [2.75, 3.05) is 13.1 Å². The fourth-order valence-corrected chi connectivity index (χ4v) is 2.22. The highest BCUT2D eigenvalue weighted by molar-refractivity contribution is 6.07. The van der Waals surface area contributed by atoms with Crippen molar-refractivity contribution in [1.82, 2.24) is 9.88 Å². The van der Waals surface area contributed by atoms with Crippen LogP contribution in [0.2, 0.25) is 0 Å². The lowest BCUT2D eigenvalue weighted by atomic mass is 9.99. The summed E-state index contributed by atoms with van der Waals surface area (Å²) in [6.07, 6.45) is 1.68. The van der Waals surface area contributed by atoms with Crippen molar-refractivity contribution >= 4 is 22.8 Å². The first-order valence-corrected chi connectivity index (χ1v) is 5.75. The van der Waals surface area contributed by atoms with Crippen molar-refractivity contribution < 1.29 is 14.7 Å². The van der Waals surface area contributed by atoms with Gasteiger partial charge in [-0.2, -0.15) is 0 Å². The molecule has 1 aromatic carbocycles. The molecule has 2 heterocycles. The first-order chi connectivity index (χ1) is 8.66. The summed E-state index contributed by atoms with van der Waals surface area (Å²) in [5.41, 5.74) is 1.52. The van der Waals surface area contributed by atoms with Gasteiger partial charge in [0.25, 0.3) is 5.91 Å². The Morgan fingerprint density at radius 2 is 2.00 bits per heavy atom. The zero-order valence-corrected chi connectivity index (χ0v) is 9.59. The number of carbonyl (C=O) groups is 2. The number of hydrogen-bond donors (Lipinski definition) is 2. The maximum Gasteiger partial charge on any atom is 0.310 e. The number of rotatable bonds is 2. The van der Waals surface area contributed by atoms with Gasteiger partial charge < -0.3 is 15.0 Å². The minimum Gasteiger partial charge on any atom is -0.481 e. The van der Waals surface area contributed by atoms with Gasteiger partial charge in [0.2, 0.25) is 0 Å². The van der Waals surface area contributed by atoms with E-state index in [0.717, 1.165) is 10.9 Å². The van der Waals surface area contributed by atoms with Gasteiger partial charge in [0.15, 0.2) is 0 Å². The third-order valence-electron chi connectivity index (χ3n) is 3.34. The first-order valence-electron chi connectivity index (χ1n) is 5.75. The number of aliphatic carboxylic acids is 1. The van der Waals surface area contributed by atoms with Crippen LogP contribution in [0.15, 0.2) is 30.5 Å². The van der Waals surface area contributed by atoms with E-state index >= 15 is 0 Å². The third-order valence-corrected chi connectivity index (χ3v) is 3.34. The van der Waals surface area contributed by atoms with Gasteiger partial charge in [-0.25, -0.2) is 0 Å². The molecule has 2 aromatic rings. The van der Waals surface area contributed by atoms with Crippen molar-refractivity contribution in [1.29, 1.82) is 0 Å². The summed E-state index contributed by atoms with van der Waals surface area (Å²) in [5.74, 6) is -1.36. The fourth-order valence-electron chi connectivity index (χ4n) is 2.22. The number of nitrogens with one attached hydrogen (secondary N) is 1. The van der Waals surface area contributed by atoms with Crippen LogP contribution in [-0.4, -0.2) is 40.0 Å². The highest BCUT2D eigenvalue weighted by Gasteiger charge is 2.36. The van der Waals surface area contributed by atoms with Crippen molar-refractivity contribution in [2.45, 2.75) is 0 Å². The standard InChI is InChI=1S/C13H12N2O3/c16-12(15-6-8(7-15)13(17)18)10-5-14-11-4-2-1-3-9(10)11/h1-5,8,14H,6-7H2,(H,17,18). The lowest BCUT2D eigenvalue weighted by Crippen LogP contribution is -2.52. The molecule has 0 saturated carbocycles. The number of H-pyrrole nitrogens is 1. The smallest absolute Gasteiger partial charge is 0.310 e. The Balaban J connectivity index is 1.84. The van der Waals surface area contributed by atoms with Crippen molar-refractivity contribution in [3.05, 3.63) is 36.0 Å². The number of carbonyl (C=O) groups excluding carboxylic acids is 1. The minimum absolute atomic E-state index is 0.107. The third kappa shape index (κ3) is 1.55. The number of benzene rings is 1. The Hall–Kier alpha value is -2.30. The summed E-state index contributed by atoms with van der Waals surface area (Å²) in [6.45, 7) is 0.599. The molecule has 3 rings (SSSR count). The van der Waals surface area contributed by atoms with E-state index in [2.05, 4.69) is 4.98 Å². The number of fused-ring (bicyclic) bond motifs is 1. The summed E-state index contributed by atoms with van der Waals surface area (Å²) in [7, 11) is 0. The Bertz CT molecular complexity index is 626. The molecule has 1 aliphatic heterocycles. The molecule has 92 valence electrons. The van der Waals surface area contributed by atoms with Crippen LogP contribution in [0.4, 0.5) is 0 Å². The number of carboxylic acid groups (broad SMARTS) is 1. The molecule has 1 amide bonds. The zero-order valence-electron chi connectivity index (χ0n) is 9.59. The van der Waals surface area contributed by atoms with Gasteiger partial charge in [0, 0.05) is 30.2 Å². The number of hydrogen-bond acceptors (Lipinski definition) is 2. The summed E-state index contributed by atoms with van der Waals surface area (Å²) in [6, 6.07) is 7.57. The van der Waals surface area contributed by atoms with Crippen LogP contribution < -0.4 is 0 Å². The lowest BCUT2D eigenvalue weighted by molar-refractivity contribution is -0.146. The molecule has 1 aliphatic rings. The number of nitrogens with zero attached hydrogens (tertiary/aromatic N) is 1. The Kier molecular flexibility index (Phi) is 2.33. The van der Waals surface area contributed by atoms with E-state index in [-0.39, 0.29) is 5.91 Å². The van der Waals surface area contributed by atoms with Gasteiger partial charge in [-0.15, -0.1) is 0 Å². The second-order valence-corrected chi connectivity index (χ2v) is 4.49. The van der Waals surface area contributed by atoms with E-state index in [0.29, 0.717) is 18.7 Å². The van der Waals surface area contributed by atoms with Crippen LogP contribution >= 0.6 is 0 Å². The Labute approximate surface area is 103 Å². The highest BCUT2D eigenvalue weighted by Crippen LogP contribution is 2.23. The molecule has 1 aromatic heterocycles. The predicted octanol–water partition coefficient (Wildman–Crippen LogP) is 1.32. The van der Waals surface area contributed by atoms with E-state index in [1.54, 1.807) is 11.1 Å². The number of para-hydroxylation sites is 1. The van der Waals surface area contributed by atoms with Gasteiger partial charge in [-0.1, -0.05) is 18.2 Å². The number of amides is 1. The summed E-state index contributed by atoms with van der Waals surface area (Å²) in [5, 5.41) is 9.67. The van der Waals surface area contributed by atoms with E-state index < -0.39 is 11.9 Å². The zero-order chi connectivity index (χ0) is 12.7. The van der Waals surface area contributed by atoms with Crippen LogP contribution in [0.25, 0.3) is 10.9 Å². The minimum atomic E-state index is -0.835. The number of likely N-dealkylation sites (tertiary alicyclic amines) is 1. The first kappa shape index (κ1) is 10.8. The van der Waals surface area contributed by atoms with Gasteiger partial charge in [0.1, 0.15) is 0 Å². The quantitative estimate of drug-likeness (QED) is 0.836. The average Bonchev–Trinajstić information content (AvgIpc) is 2.69. The summed E-state index contributed by atoms with van der Waals surface area (Å²) >= 11 is 0. The molecule has 0 radical (unpaired) electrons. The van der Waals surface area contributed by atoms with Crippen molar-refractivity contribution in [3.8, 4) is 0 Å². The molecule has 0 atom stereocenters. The highest BCUT2D eigenvalue weighted by atomic mass is 16.4. The lowest BCUT2D eigenvalue weighted by Gasteiger charge is -2.36. The van der Waals surface area contributed by atoms with Crippen molar-refractivity contribution in [3.63, 3.8) is 0 Å². The molecular formula is C13H12N2O3. The fraction of sp³-hybridized carbons (Fsp3) is 0.231. The number of aromatic amines is 1. The van der Waals surface area contributed by atoms with Crippen molar-refractivity contribution in [2.24, 2.45) is 5.92 Å². The van der Waals surface area contributed by atoms with E-state index in [1.807, 2.05) is 24.3 Å². The Morgan fingerprint density at radius 3 is 2.72 bits per heavy atom. The number of aromatic nitrogens is 1. The molecule has 0 aliphatic carbocycles. The average molecular weight is 244 g/mol. The van der Waals surface area contributed by atoms with E-state index in [4.69, 9.17) is 5.11 Å². The molecule has 0 spiro atoms. The van der Waals surface area contributed by atoms with Crippen LogP contribution in [-0.2, 0) is 4.79 Å². The van der Waals surface area contributed by atoms with E-state index in [1.165, 1.54) is 0 Å². The largest absolute Gasteiger partial charge is 0.481 e. The molecule has 1 saturated heterocycles. The van der Waals surface area contributed by atoms with E-state index in [9.17, 15) is 9.59 Å². The predicted molar refractivity (Wildman–Crippen MR) is 65.3 cm³/mol. The van der Waals surface area contributed by atoms with Crippen LogP contribution in [0.1, 0.15) is 10.4 Å². The molecule has 1 fully saturated rings. The maximum atomic E-state index is 12.2. The van der Waals surface area contributed by atoms with Crippen LogP contribution in [0.5, 0.6) is 0 Å². The molecule has 18 heavy (non-hydrogen) atoms. The maximum absolute atomic E-state index is 12.2. The molecule has 2 N–H and O–H groups in total. The van der Waals surface area contributed by atoms with Crippen LogP contribution in [0, 0.1) is 5.92 Å². The molecule has 0 unspecified atom stereocenters. The molecular weight excluding hydrogens is 232 g/mol. The van der Waals surface area contributed by atoms with Gasteiger partial charge in [-0.05, 0) is 6.07 Å². The van der Waals surface area contributed by atoms with Crippen LogP contribution in [0.3, 0.4) is 0 Å². The second kappa shape index (κ2) is 3.87. The monoisotopic (exact) mass is 244 g/mol. The summed E-state index contributed by atoms with van der Waals surface area (Å²) in [4.78, 5) is 27.5. The normalized spacial score (nSPS) is 15.7. The molecule has 0 bridgehead atoms. The van der Waals surface area contributed by atoms with Gasteiger partial charge in [0.05, 0.1) is 11.5 Å². The number of carboxylic acids is 1.